The largest absolute Gasteiger partial charge is 0.511 e. The molecule has 1 aromatic rings. The number of halogens is 1. The molecule has 1 amide bonds. The van der Waals surface area contributed by atoms with E-state index in [1.807, 2.05) is 25.1 Å². The first kappa shape index (κ1) is 16.1. The average Bonchev–Trinajstić information content (AvgIpc) is 2.39. The predicted molar refractivity (Wildman–Crippen MR) is 83.6 cm³/mol. The number of hydrogen-bond donors (Lipinski definition) is 1. The lowest BCUT2D eigenvalue weighted by atomic mass is 9.98. The summed E-state index contributed by atoms with van der Waals surface area (Å²) in [5, 5.41) is 9.78. The van der Waals surface area contributed by atoms with Crippen LogP contribution in [0.4, 0.5) is 0 Å². The number of aliphatic hydroxyl groups is 1. The highest BCUT2D eigenvalue weighted by molar-refractivity contribution is 6.30. The van der Waals surface area contributed by atoms with Crippen molar-refractivity contribution in [3.05, 3.63) is 65.4 Å². The number of carbonyl (C=O) groups is 1. The van der Waals surface area contributed by atoms with Gasteiger partial charge >= 0.3 is 0 Å². The van der Waals surface area contributed by atoms with Crippen LogP contribution in [0.15, 0.2) is 54.8 Å². The Morgan fingerprint density at radius 3 is 2.35 bits per heavy atom. The minimum Gasteiger partial charge on any atom is -0.511 e. The summed E-state index contributed by atoms with van der Waals surface area (Å²) < 4.78 is 0. The van der Waals surface area contributed by atoms with Gasteiger partial charge in [0.05, 0.1) is 6.54 Å². The maximum Gasteiger partial charge on any atom is 0.254 e. The smallest absolute Gasteiger partial charge is 0.254 e. The van der Waals surface area contributed by atoms with Crippen LogP contribution >= 0.6 is 11.6 Å². The SMILES string of the molecule is C=C(O)CN(C)C(=O)C(=C)/C(=C\C)c1ccc(Cl)cc1. The van der Waals surface area contributed by atoms with E-state index in [-0.39, 0.29) is 18.2 Å². The van der Waals surface area contributed by atoms with E-state index in [9.17, 15) is 4.79 Å². The molecule has 0 radical (unpaired) electrons. The second-order valence-electron chi connectivity index (χ2n) is 4.42. The first-order valence-corrected chi connectivity index (χ1v) is 6.48. The highest BCUT2D eigenvalue weighted by Crippen LogP contribution is 2.24. The summed E-state index contributed by atoms with van der Waals surface area (Å²) >= 11 is 5.85. The van der Waals surface area contributed by atoms with Gasteiger partial charge in [-0.25, -0.2) is 0 Å². The molecular weight excluding hydrogens is 274 g/mol. The van der Waals surface area contributed by atoms with Crippen LogP contribution in [0, 0.1) is 0 Å². The molecule has 4 heteroatoms. The van der Waals surface area contributed by atoms with Crippen molar-refractivity contribution in [1.82, 2.24) is 4.90 Å². The Labute approximate surface area is 124 Å². The zero-order valence-corrected chi connectivity index (χ0v) is 12.4. The normalized spacial score (nSPS) is 11.1. The summed E-state index contributed by atoms with van der Waals surface area (Å²) in [4.78, 5) is 13.6. The van der Waals surface area contributed by atoms with Crippen LogP contribution in [-0.4, -0.2) is 29.5 Å². The van der Waals surface area contributed by atoms with E-state index >= 15 is 0 Å². The third-order valence-electron chi connectivity index (χ3n) is 2.79. The molecule has 0 unspecified atom stereocenters. The van der Waals surface area contributed by atoms with Crippen LogP contribution < -0.4 is 0 Å². The fourth-order valence-corrected chi connectivity index (χ4v) is 1.96. The Hall–Kier alpha value is -2.00. The van der Waals surface area contributed by atoms with E-state index in [0.29, 0.717) is 10.6 Å². The minimum atomic E-state index is -0.261. The quantitative estimate of drug-likeness (QED) is 0.509. The Balaban J connectivity index is 2.96. The van der Waals surface area contributed by atoms with E-state index in [0.717, 1.165) is 11.1 Å². The van der Waals surface area contributed by atoms with Gasteiger partial charge in [-0.1, -0.05) is 43.0 Å². The van der Waals surface area contributed by atoms with Crippen molar-refractivity contribution in [3.63, 3.8) is 0 Å². The number of nitrogens with zero attached hydrogens (tertiary/aromatic N) is 1. The van der Waals surface area contributed by atoms with Gasteiger partial charge < -0.3 is 10.0 Å². The number of rotatable bonds is 5. The number of benzene rings is 1. The van der Waals surface area contributed by atoms with Crippen molar-refractivity contribution in [1.29, 1.82) is 0 Å². The van der Waals surface area contributed by atoms with Gasteiger partial charge in [0.15, 0.2) is 0 Å². The molecule has 0 aliphatic rings. The lowest BCUT2D eigenvalue weighted by molar-refractivity contribution is -0.125. The van der Waals surface area contributed by atoms with Crippen molar-refractivity contribution in [2.45, 2.75) is 6.92 Å². The number of hydrogen-bond acceptors (Lipinski definition) is 2. The first-order chi connectivity index (χ1) is 9.36. The fraction of sp³-hybridized carbons (Fsp3) is 0.188. The van der Waals surface area contributed by atoms with Crippen molar-refractivity contribution in [3.8, 4) is 0 Å². The van der Waals surface area contributed by atoms with Gasteiger partial charge in [0.2, 0.25) is 0 Å². The topological polar surface area (TPSA) is 40.5 Å². The summed E-state index contributed by atoms with van der Waals surface area (Å²) in [5.41, 5.74) is 1.96. The third-order valence-corrected chi connectivity index (χ3v) is 3.05. The highest BCUT2D eigenvalue weighted by Gasteiger charge is 2.17. The van der Waals surface area contributed by atoms with Crippen LogP contribution in [0.2, 0.25) is 5.02 Å². The van der Waals surface area contributed by atoms with E-state index in [1.54, 1.807) is 19.2 Å². The number of carbonyl (C=O) groups excluding carboxylic acids is 1. The molecule has 0 saturated carbocycles. The molecule has 3 nitrogen and oxygen atoms in total. The van der Waals surface area contributed by atoms with E-state index in [4.69, 9.17) is 16.7 Å². The minimum absolute atomic E-state index is 0.0674. The summed E-state index contributed by atoms with van der Waals surface area (Å²) in [5.74, 6) is -0.328. The second kappa shape index (κ2) is 6.96. The van der Waals surface area contributed by atoms with Gasteiger partial charge in [-0.2, -0.15) is 0 Å². The second-order valence-corrected chi connectivity index (χ2v) is 4.85. The molecule has 1 rings (SSSR count). The molecule has 0 aliphatic carbocycles. The number of allylic oxidation sites excluding steroid dienone is 1. The van der Waals surface area contributed by atoms with Gasteiger partial charge in [0, 0.05) is 17.6 Å². The number of aliphatic hydroxyl groups excluding tert-OH is 1. The standard InChI is InChI=1S/C16H18ClNO2/c1-5-15(13-6-8-14(17)9-7-13)12(3)16(20)18(4)10-11(2)19/h5-9,19H,2-3,10H2,1,4H3/b15-5+. The molecule has 0 fully saturated rings. The lowest BCUT2D eigenvalue weighted by Crippen LogP contribution is -2.29. The Bertz CT molecular complexity index is 558. The van der Waals surface area contributed by atoms with Crippen molar-refractivity contribution in [2.75, 3.05) is 13.6 Å². The van der Waals surface area contributed by atoms with Crippen LogP contribution in [0.25, 0.3) is 5.57 Å². The zero-order chi connectivity index (χ0) is 15.3. The number of likely N-dealkylation sites (N-methyl/N-ethyl adjacent to an activating group) is 1. The van der Waals surface area contributed by atoms with Crippen molar-refractivity contribution in [2.24, 2.45) is 0 Å². The molecule has 0 atom stereocenters. The van der Waals surface area contributed by atoms with Crippen LogP contribution in [0.3, 0.4) is 0 Å². The zero-order valence-electron chi connectivity index (χ0n) is 11.7. The molecule has 0 bridgehead atoms. The average molecular weight is 292 g/mol. The molecule has 0 aromatic heterocycles. The Morgan fingerprint density at radius 1 is 1.35 bits per heavy atom. The van der Waals surface area contributed by atoms with Gasteiger partial charge in [-0.15, -0.1) is 0 Å². The number of amides is 1. The maximum absolute atomic E-state index is 12.2. The molecule has 0 saturated heterocycles. The summed E-state index contributed by atoms with van der Waals surface area (Å²) in [7, 11) is 1.59. The van der Waals surface area contributed by atoms with Gasteiger partial charge in [0.1, 0.15) is 5.76 Å². The molecule has 1 aromatic carbocycles. The summed E-state index contributed by atoms with van der Waals surface area (Å²) in [6.45, 7) is 9.14. The van der Waals surface area contributed by atoms with Gasteiger partial charge in [-0.05, 0) is 30.2 Å². The Kier molecular flexibility index (Phi) is 5.59. The third kappa shape index (κ3) is 4.00. The molecule has 0 aliphatic heterocycles. The Morgan fingerprint density at radius 2 is 1.90 bits per heavy atom. The molecule has 0 heterocycles. The molecule has 106 valence electrons. The monoisotopic (exact) mass is 291 g/mol. The fourth-order valence-electron chi connectivity index (χ4n) is 1.84. The maximum atomic E-state index is 12.2. The van der Waals surface area contributed by atoms with Crippen LogP contribution in [0.5, 0.6) is 0 Å². The van der Waals surface area contributed by atoms with E-state index < -0.39 is 0 Å². The summed E-state index contributed by atoms with van der Waals surface area (Å²) in [6.07, 6.45) is 1.82. The predicted octanol–water partition coefficient (Wildman–Crippen LogP) is 3.83. The van der Waals surface area contributed by atoms with Crippen LogP contribution in [-0.2, 0) is 4.79 Å². The summed E-state index contributed by atoms with van der Waals surface area (Å²) in [6, 6.07) is 7.19. The van der Waals surface area contributed by atoms with Gasteiger partial charge in [0.25, 0.3) is 5.91 Å². The molecule has 0 spiro atoms. The highest BCUT2D eigenvalue weighted by atomic mass is 35.5. The lowest BCUT2D eigenvalue weighted by Gasteiger charge is -2.19. The van der Waals surface area contributed by atoms with E-state index in [1.165, 1.54) is 4.90 Å². The van der Waals surface area contributed by atoms with Crippen LogP contribution in [0.1, 0.15) is 12.5 Å². The van der Waals surface area contributed by atoms with Gasteiger partial charge in [-0.3, -0.25) is 4.79 Å². The first-order valence-electron chi connectivity index (χ1n) is 6.10. The van der Waals surface area contributed by atoms with Crippen molar-refractivity contribution >= 4 is 23.1 Å². The molecular formula is C16H18ClNO2. The molecule has 1 N–H and O–H groups in total. The van der Waals surface area contributed by atoms with E-state index in [2.05, 4.69) is 13.2 Å². The van der Waals surface area contributed by atoms with Crippen molar-refractivity contribution < 1.29 is 9.90 Å². The molecule has 20 heavy (non-hydrogen) atoms.